The van der Waals surface area contributed by atoms with Crippen molar-refractivity contribution in [2.45, 2.75) is 46.6 Å². The molecule has 0 aliphatic heterocycles. The summed E-state index contributed by atoms with van der Waals surface area (Å²) >= 11 is 0. The molecule has 16 heavy (non-hydrogen) atoms. The minimum absolute atomic E-state index is 0.0155. The van der Waals surface area contributed by atoms with Crippen molar-refractivity contribution in [1.82, 2.24) is 0 Å². The fourth-order valence-electron chi connectivity index (χ4n) is 2.17. The molecule has 1 rings (SSSR count). The number of benzene rings is 1. The Morgan fingerprint density at radius 3 is 2.12 bits per heavy atom. The van der Waals surface area contributed by atoms with Crippen LogP contribution in [-0.4, -0.2) is 0 Å². The van der Waals surface area contributed by atoms with Gasteiger partial charge in [0.15, 0.2) is 0 Å². The topological polar surface area (TPSA) is 49.8 Å². The van der Waals surface area contributed by atoms with Gasteiger partial charge in [-0.25, -0.2) is 0 Å². The van der Waals surface area contributed by atoms with Gasteiger partial charge in [-0.2, -0.15) is 5.26 Å². The van der Waals surface area contributed by atoms with Crippen molar-refractivity contribution in [3.8, 4) is 6.07 Å². The predicted octanol–water partition coefficient (Wildman–Crippen LogP) is 3.22. The molecule has 0 heterocycles. The highest BCUT2D eigenvalue weighted by Crippen LogP contribution is 2.28. The summed E-state index contributed by atoms with van der Waals surface area (Å²) < 4.78 is 0. The Labute approximate surface area is 98.1 Å². The Balaban J connectivity index is 3.17. The molecule has 0 aliphatic carbocycles. The summed E-state index contributed by atoms with van der Waals surface area (Å²) in [6.07, 6.45) is 1.26. The monoisotopic (exact) mass is 216 g/mol. The van der Waals surface area contributed by atoms with E-state index in [1.54, 1.807) is 0 Å². The first-order valence-electron chi connectivity index (χ1n) is 5.68. The van der Waals surface area contributed by atoms with E-state index in [4.69, 9.17) is 11.0 Å². The third-order valence-corrected chi connectivity index (χ3v) is 3.36. The zero-order valence-electron chi connectivity index (χ0n) is 10.6. The molecule has 2 nitrogen and oxygen atoms in total. The molecule has 0 saturated heterocycles. The Kier molecular flexibility index (Phi) is 4.09. The molecule has 1 atom stereocenters. The molecule has 0 fully saturated rings. The van der Waals surface area contributed by atoms with Gasteiger partial charge in [-0.3, -0.25) is 0 Å². The first-order chi connectivity index (χ1) is 7.49. The third-order valence-electron chi connectivity index (χ3n) is 3.36. The number of hydrogen-bond acceptors (Lipinski definition) is 2. The first-order valence-corrected chi connectivity index (χ1v) is 5.68. The standard InChI is InChI=1S/C14H20N2/c1-9-8-10(2)12(4)14(11(9)3)13(16)6-5-7-15/h8,13H,5-6,16H2,1-4H3. The molecule has 0 amide bonds. The van der Waals surface area contributed by atoms with Gasteiger partial charge < -0.3 is 5.73 Å². The van der Waals surface area contributed by atoms with Crippen LogP contribution in [0.1, 0.15) is 46.7 Å². The van der Waals surface area contributed by atoms with Gasteiger partial charge in [-0.15, -0.1) is 0 Å². The fraction of sp³-hybridized carbons (Fsp3) is 0.500. The van der Waals surface area contributed by atoms with Crippen molar-refractivity contribution in [2.75, 3.05) is 0 Å². The van der Waals surface area contributed by atoms with Crippen molar-refractivity contribution in [2.24, 2.45) is 5.73 Å². The second-order valence-corrected chi connectivity index (χ2v) is 4.48. The van der Waals surface area contributed by atoms with E-state index >= 15 is 0 Å². The maximum Gasteiger partial charge on any atom is 0.0622 e. The smallest absolute Gasteiger partial charge is 0.0622 e. The highest BCUT2D eigenvalue weighted by atomic mass is 14.6. The Bertz CT molecular complexity index is 401. The lowest BCUT2D eigenvalue weighted by molar-refractivity contribution is 0.655. The number of nitriles is 1. The number of nitrogens with zero attached hydrogens (tertiary/aromatic N) is 1. The van der Waals surface area contributed by atoms with Crippen LogP contribution in [0.3, 0.4) is 0 Å². The van der Waals surface area contributed by atoms with Gasteiger partial charge in [-0.1, -0.05) is 6.07 Å². The normalized spacial score (nSPS) is 12.2. The quantitative estimate of drug-likeness (QED) is 0.843. The van der Waals surface area contributed by atoms with E-state index in [1.807, 2.05) is 0 Å². The average Bonchev–Trinajstić information content (AvgIpc) is 2.24. The highest BCUT2D eigenvalue weighted by molar-refractivity contribution is 5.45. The fourth-order valence-corrected chi connectivity index (χ4v) is 2.17. The van der Waals surface area contributed by atoms with E-state index in [2.05, 4.69) is 39.8 Å². The zero-order chi connectivity index (χ0) is 12.3. The lowest BCUT2D eigenvalue weighted by Crippen LogP contribution is -2.14. The molecule has 0 saturated carbocycles. The maximum absolute atomic E-state index is 8.60. The van der Waals surface area contributed by atoms with Crippen molar-refractivity contribution in [3.63, 3.8) is 0 Å². The van der Waals surface area contributed by atoms with E-state index in [-0.39, 0.29) is 6.04 Å². The summed E-state index contributed by atoms with van der Waals surface area (Å²) in [7, 11) is 0. The highest BCUT2D eigenvalue weighted by Gasteiger charge is 2.14. The molecule has 1 aromatic carbocycles. The van der Waals surface area contributed by atoms with Gasteiger partial charge >= 0.3 is 0 Å². The number of nitrogens with two attached hydrogens (primary N) is 1. The Morgan fingerprint density at radius 1 is 1.19 bits per heavy atom. The largest absolute Gasteiger partial charge is 0.324 e. The van der Waals surface area contributed by atoms with Crippen LogP contribution in [0.25, 0.3) is 0 Å². The first kappa shape index (κ1) is 12.7. The van der Waals surface area contributed by atoms with E-state index in [0.717, 1.165) is 6.42 Å². The number of hydrogen-bond donors (Lipinski definition) is 1. The number of rotatable bonds is 3. The minimum atomic E-state index is -0.0155. The van der Waals surface area contributed by atoms with Crippen molar-refractivity contribution in [1.29, 1.82) is 5.26 Å². The molecule has 2 heteroatoms. The summed E-state index contributed by atoms with van der Waals surface area (Å²) in [6.45, 7) is 8.46. The van der Waals surface area contributed by atoms with Gasteiger partial charge in [0.1, 0.15) is 0 Å². The summed E-state index contributed by atoms with van der Waals surface area (Å²) in [6, 6.07) is 4.34. The van der Waals surface area contributed by atoms with Crippen LogP contribution in [0.2, 0.25) is 0 Å². The van der Waals surface area contributed by atoms with Crippen LogP contribution in [-0.2, 0) is 0 Å². The summed E-state index contributed by atoms with van der Waals surface area (Å²) in [5.74, 6) is 0. The van der Waals surface area contributed by atoms with Crippen LogP contribution >= 0.6 is 0 Å². The third kappa shape index (κ3) is 2.43. The van der Waals surface area contributed by atoms with E-state index in [1.165, 1.54) is 27.8 Å². The van der Waals surface area contributed by atoms with Crippen molar-refractivity contribution in [3.05, 3.63) is 33.9 Å². The van der Waals surface area contributed by atoms with Gasteiger partial charge in [-0.05, 0) is 61.9 Å². The molecule has 1 unspecified atom stereocenters. The van der Waals surface area contributed by atoms with Crippen LogP contribution in [0.15, 0.2) is 6.07 Å². The Hall–Kier alpha value is -1.33. The molecular weight excluding hydrogens is 196 g/mol. The molecule has 0 aliphatic rings. The summed E-state index contributed by atoms with van der Waals surface area (Å²) in [5, 5.41) is 8.60. The molecule has 86 valence electrons. The molecule has 0 aromatic heterocycles. The van der Waals surface area contributed by atoms with Crippen LogP contribution in [0.4, 0.5) is 0 Å². The zero-order valence-corrected chi connectivity index (χ0v) is 10.6. The van der Waals surface area contributed by atoms with Gasteiger partial charge in [0.25, 0.3) is 0 Å². The van der Waals surface area contributed by atoms with Gasteiger partial charge in [0.2, 0.25) is 0 Å². The van der Waals surface area contributed by atoms with Crippen LogP contribution in [0, 0.1) is 39.0 Å². The van der Waals surface area contributed by atoms with Crippen molar-refractivity contribution < 1.29 is 0 Å². The lowest BCUT2D eigenvalue weighted by Gasteiger charge is -2.20. The molecule has 0 radical (unpaired) electrons. The maximum atomic E-state index is 8.60. The summed E-state index contributed by atoms with van der Waals surface area (Å²) in [5.41, 5.74) is 12.5. The average molecular weight is 216 g/mol. The molecular formula is C14H20N2. The molecule has 0 bridgehead atoms. The second-order valence-electron chi connectivity index (χ2n) is 4.48. The summed E-state index contributed by atoms with van der Waals surface area (Å²) in [4.78, 5) is 0. The van der Waals surface area contributed by atoms with E-state index in [9.17, 15) is 0 Å². The minimum Gasteiger partial charge on any atom is -0.324 e. The van der Waals surface area contributed by atoms with E-state index in [0.29, 0.717) is 6.42 Å². The SMILES string of the molecule is Cc1cc(C)c(C)c(C(N)CCC#N)c1C. The number of aryl methyl sites for hydroxylation is 2. The van der Waals surface area contributed by atoms with Gasteiger partial charge in [0.05, 0.1) is 6.07 Å². The van der Waals surface area contributed by atoms with Gasteiger partial charge in [0, 0.05) is 12.5 Å². The second kappa shape index (κ2) is 5.14. The van der Waals surface area contributed by atoms with Crippen LogP contribution < -0.4 is 5.73 Å². The lowest BCUT2D eigenvalue weighted by atomic mass is 9.88. The molecule has 1 aromatic rings. The van der Waals surface area contributed by atoms with Crippen LogP contribution in [0.5, 0.6) is 0 Å². The predicted molar refractivity (Wildman–Crippen MR) is 67.2 cm³/mol. The van der Waals surface area contributed by atoms with Crippen molar-refractivity contribution >= 4 is 0 Å². The Morgan fingerprint density at radius 2 is 1.69 bits per heavy atom. The molecule has 0 spiro atoms. The van der Waals surface area contributed by atoms with E-state index < -0.39 is 0 Å². The molecule has 2 N–H and O–H groups in total.